The summed E-state index contributed by atoms with van der Waals surface area (Å²) in [5.74, 6) is 1.27. The first-order valence-corrected chi connectivity index (χ1v) is 12.1. The van der Waals surface area contributed by atoms with Gasteiger partial charge in [-0.3, -0.25) is 4.79 Å². The van der Waals surface area contributed by atoms with E-state index in [-0.39, 0.29) is 11.3 Å². The molecular weight excluding hydrogens is 412 g/mol. The topological polar surface area (TPSA) is 50.8 Å². The van der Waals surface area contributed by atoms with E-state index in [0.717, 1.165) is 36.3 Å². The highest BCUT2D eigenvalue weighted by Crippen LogP contribution is 2.33. The highest BCUT2D eigenvalue weighted by molar-refractivity contribution is 6.04. The molecule has 0 aliphatic carbocycles. The third kappa shape index (κ3) is 6.38. The predicted molar refractivity (Wildman–Crippen MR) is 134 cm³/mol. The molecule has 0 saturated carbocycles. The number of amides is 1. The number of allylic oxidation sites excluding steroid dienone is 1. The van der Waals surface area contributed by atoms with Gasteiger partial charge in [0.1, 0.15) is 13.2 Å². The second kappa shape index (κ2) is 10.4. The van der Waals surface area contributed by atoms with E-state index < -0.39 is 0 Å². The van der Waals surface area contributed by atoms with Gasteiger partial charge in [-0.25, -0.2) is 0 Å². The fraction of sp³-hybridized carbons (Fsp3) is 0.464. The number of nitrogens with zero attached hydrogens (tertiary/aromatic N) is 1. The monoisotopic (exact) mass is 448 g/mol. The highest BCUT2D eigenvalue weighted by Gasteiger charge is 2.16. The fourth-order valence-electron chi connectivity index (χ4n) is 4.44. The van der Waals surface area contributed by atoms with Crippen LogP contribution in [0, 0.1) is 0 Å². The standard InChI is InChI=1S/C28H36N2O3/c1-28(2,3)23-10-8-21(9-11-23)22(7-6-16-30-14-4-5-15-30)19-27(31)29-24-12-13-25-26(20-24)33-18-17-32-25/h8-13,19-20H,4-7,14-18H2,1-3H3,(H,29,31)/b22-19+. The molecule has 33 heavy (non-hydrogen) atoms. The zero-order valence-corrected chi connectivity index (χ0v) is 20.2. The third-order valence-corrected chi connectivity index (χ3v) is 6.36. The van der Waals surface area contributed by atoms with Crippen LogP contribution in [0.25, 0.3) is 5.57 Å². The summed E-state index contributed by atoms with van der Waals surface area (Å²) in [6.45, 7) is 11.2. The summed E-state index contributed by atoms with van der Waals surface area (Å²) in [7, 11) is 0. The number of hydrogen-bond donors (Lipinski definition) is 1. The molecule has 5 heteroatoms. The van der Waals surface area contributed by atoms with Gasteiger partial charge in [0.2, 0.25) is 5.91 Å². The van der Waals surface area contributed by atoms with Gasteiger partial charge in [-0.1, -0.05) is 45.0 Å². The number of benzene rings is 2. The SMILES string of the molecule is CC(C)(C)c1ccc(/C(=C/C(=O)Nc2ccc3c(c2)OCCO3)CCCN2CCCC2)cc1. The molecule has 2 aromatic carbocycles. The minimum Gasteiger partial charge on any atom is -0.486 e. The number of rotatable bonds is 7. The second-order valence-electron chi connectivity index (χ2n) is 10.00. The lowest BCUT2D eigenvalue weighted by Crippen LogP contribution is -2.20. The van der Waals surface area contributed by atoms with E-state index in [9.17, 15) is 4.79 Å². The lowest BCUT2D eigenvalue weighted by Gasteiger charge is -2.20. The minimum absolute atomic E-state index is 0.105. The zero-order chi connectivity index (χ0) is 23.3. The van der Waals surface area contributed by atoms with Crippen molar-refractivity contribution < 1.29 is 14.3 Å². The van der Waals surface area contributed by atoms with Crippen LogP contribution < -0.4 is 14.8 Å². The Kier molecular flexibility index (Phi) is 7.39. The van der Waals surface area contributed by atoms with Crippen molar-refractivity contribution in [3.63, 3.8) is 0 Å². The summed E-state index contributed by atoms with van der Waals surface area (Å²) < 4.78 is 11.2. The van der Waals surface area contributed by atoms with E-state index >= 15 is 0 Å². The Hall–Kier alpha value is -2.79. The van der Waals surface area contributed by atoms with Crippen LogP contribution in [-0.2, 0) is 10.2 Å². The number of nitrogens with one attached hydrogen (secondary N) is 1. The summed E-state index contributed by atoms with van der Waals surface area (Å²) in [6, 6.07) is 14.2. The van der Waals surface area contributed by atoms with Crippen molar-refractivity contribution in [2.24, 2.45) is 0 Å². The van der Waals surface area contributed by atoms with E-state index in [2.05, 4.69) is 55.3 Å². The van der Waals surface area contributed by atoms with Crippen LogP contribution in [0.15, 0.2) is 48.5 Å². The van der Waals surface area contributed by atoms with Crippen LogP contribution in [-0.4, -0.2) is 43.7 Å². The smallest absolute Gasteiger partial charge is 0.248 e. The summed E-state index contributed by atoms with van der Waals surface area (Å²) in [5.41, 5.74) is 4.29. The van der Waals surface area contributed by atoms with Crippen LogP contribution in [0.1, 0.15) is 57.6 Å². The van der Waals surface area contributed by atoms with Crippen LogP contribution in [0.5, 0.6) is 11.5 Å². The Morgan fingerprint density at radius 2 is 1.70 bits per heavy atom. The van der Waals surface area contributed by atoms with Crippen molar-refractivity contribution in [3.05, 3.63) is 59.7 Å². The van der Waals surface area contributed by atoms with Gasteiger partial charge in [0.05, 0.1) is 0 Å². The molecule has 0 unspecified atom stereocenters. The van der Waals surface area contributed by atoms with Gasteiger partial charge in [0.15, 0.2) is 11.5 Å². The lowest BCUT2D eigenvalue weighted by molar-refractivity contribution is -0.111. The lowest BCUT2D eigenvalue weighted by atomic mass is 9.86. The van der Waals surface area contributed by atoms with Gasteiger partial charge in [-0.2, -0.15) is 0 Å². The quantitative estimate of drug-likeness (QED) is 0.556. The highest BCUT2D eigenvalue weighted by atomic mass is 16.6. The predicted octanol–water partition coefficient (Wildman–Crippen LogP) is 5.65. The van der Waals surface area contributed by atoms with Crippen molar-refractivity contribution >= 4 is 17.2 Å². The number of fused-ring (bicyclic) bond motifs is 1. The largest absolute Gasteiger partial charge is 0.486 e. The minimum atomic E-state index is -0.122. The maximum absolute atomic E-state index is 12.9. The molecule has 4 rings (SSSR count). The van der Waals surface area contributed by atoms with Crippen LogP contribution in [0.3, 0.4) is 0 Å². The fourth-order valence-corrected chi connectivity index (χ4v) is 4.44. The molecule has 0 bridgehead atoms. The average molecular weight is 449 g/mol. The van der Waals surface area contributed by atoms with Gasteiger partial charge in [0.25, 0.3) is 0 Å². The molecule has 0 aromatic heterocycles. The second-order valence-corrected chi connectivity index (χ2v) is 10.00. The first-order chi connectivity index (χ1) is 15.9. The van der Waals surface area contributed by atoms with Gasteiger partial charge < -0.3 is 19.7 Å². The molecule has 0 atom stereocenters. The molecular formula is C28H36N2O3. The molecule has 1 amide bonds. The number of carbonyl (C=O) groups is 1. The number of anilines is 1. The maximum Gasteiger partial charge on any atom is 0.248 e. The molecule has 0 radical (unpaired) electrons. The summed E-state index contributed by atoms with van der Waals surface area (Å²) in [6.07, 6.45) is 6.28. The molecule has 2 aliphatic heterocycles. The number of hydrogen-bond acceptors (Lipinski definition) is 4. The van der Waals surface area contributed by atoms with Crippen LogP contribution >= 0.6 is 0 Å². The molecule has 2 aliphatic rings. The molecule has 2 heterocycles. The van der Waals surface area contributed by atoms with Crippen molar-refractivity contribution in [1.82, 2.24) is 4.90 Å². The first kappa shape index (κ1) is 23.4. The van der Waals surface area contributed by atoms with Crippen molar-refractivity contribution in [2.75, 3.05) is 38.2 Å². The third-order valence-electron chi connectivity index (χ3n) is 6.36. The molecule has 176 valence electrons. The summed E-state index contributed by atoms with van der Waals surface area (Å²) >= 11 is 0. The van der Waals surface area contributed by atoms with Crippen molar-refractivity contribution in [1.29, 1.82) is 0 Å². The van der Waals surface area contributed by atoms with Gasteiger partial charge >= 0.3 is 0 Å². The van der Waals surface area contributed by atoms with Crippen molar-refractivity contribution in [2.45, 2.75) is 51.9 Å². The Morgan fingerprint density at radius 1 is 1.00 bits per heavy atom. The van der Waals surface area contributed by atoms with Crippen LogP contribution in [0.4, 0.5) is 5.69 Å². The van der Waals surface area contributed by atoms with E-state index in [1.54, 1.807) is 6.08 Å². The Balaban J connectivity index is 1.48. The van der Waals surface area contributed by atoms with Gasteiger partial charge in [-0.15, -0.1) is 0 Å². The molecule has 1 fully saturated rings. The number of likely N-dealkylation sites (tertiary alicyclic amines) is 1. The molecule has 0 spiro atoms. The Bertz CT molecular complexity index is 983. The normalized spacial score (nSPS) is 16.6. The van der Waals surface area contributed by atoms with Gasteiger partial charge in [-0.05, 0) is 79.6 Å². The zero-order valence-electron chi connectivity index (χ0n) is 20.2. The first-order valence-electron chi connectivity index (χ1n) is 12.1. The Morgan fingerprint density at radius 3 is 2.39 bits per heavy atom. The number of carbonyl (C=O) groups excluding carboxylic acids is 1. The molecule has 1 N–H and O–H groups in total. The molecule has 2 aromatic rings. The van der Waals surface area contributed by atoms with Crippen LogP contribution in [0.2, 0.25) is 0 Å². The average Bonchev–Trinajstić information content (AvgIpc) is 3.31. The number of ether oxygens (including phenoxy) is 2. The molecule has 5 nitrogen and oxygen atoms in total. The summed E-state index contributed by atoms with van der Waals surface area (Å²) in [4.78, 5) is 15.5. The van der Waals surface area contributed by atoms with E-state index in [1.807, 2.05) is 18.2 Å². The van der Waals surface area contributed by atoms with Crippen molar-refractivity contribution in [3.8, 4) is 11.5 Å². The maximum atomic E-state index is 12.9. The Labute approximate surface area is 197 Å². The van der Waals surface area contributed by atoms with E-state index in [1.165, 1.54) is 31.5 Å². The summed E-state index contributed by atoms with van der Waals surface area (Å²) in [5, 5.41) is 3.00. The molecule has 1 saturated heterocycles. The van der Waals surface area contributed by atoms with E-state index in [4.69, 9.17) is 9.47 Å². The van der Waals surface area contributed by atoms with Gasteiger partial charge in [0, 0.05) is 17.8 Å². The van der Waals surface area contributed by atoms with E-state index in [0.29, 0.717) is 24.7 Å².